The number of nitrogens with two attached hydrogens (primary N) is 1. The molecule has 0 radical (unpaired) electrons. The fourth-order valence-corrected chi connectivity index (χ4v) is 3.63. The van der Waals surface area contributed by atoms with Crippen molar-refractivity contribution < 1.29 is 9.94 Å². The highest BCUT2D eigenvalue weighted by atomic mass is 16.5. The van der Waals surface area contributed by atoms with Crippen molar-refractivity contribution in [3.05, 3.63) is 18.2 Å². The van der Waals surface area contributed by atoms with E-state index in [9.17, 15) is 0 Å². The van der Waals surface area contributed by atoms with Gasteiger partial charge in [-0.2, -0.15) is 0 Å². The van der Waals surface area contributed by atoms with E-state index in [2.05, 4.69) is 10.1 Å². The quantitative estimate of drug-likeness (QED) is 0.375. The number of oxime groups is 1. The Labute approximate surface area is 118 Å². The number of aromatic nitrogens is 2. The van der Waals surface area contributed by atoms with Crippen LogP contribution in [0, 0.1) is 0 Å². The van der Waals surface area contributed by atoms with E-state index < -0.39 is 0 Å². The Morgan fingerprint density at radius 1 is 1.45 bits per heavy atom. The average molecular weight is 278 g/mol. The Bertz CT molecular complexity index is 486. The lowest BCUT2D eigenvalue weighted by molar-refractivity contribution is -0.114. The molecule has 0 amide bonds. The van der Waals surface area contributed by atoms with Gasteiger partial charge in [0.25, 0.3) is 0 Å². The molecular formula is C14H22N4O2. The molecule has 1 saturated heterocycles. The maximum atomic E-state index is 8.86. The molecule has 3 rings (SSSR count). The second-order valence-corrected chi connectivity index (χ2v) is 5.88. The van der Waals surface area contributed by atoms with Crippen molar-refractivity contribution in [3.63, 3.8) is 0 Å². The standard InChI is InChI=1S/C14H22N4O2/c15-12(17-19)13-16-7-8-18(13)11-4-9-20-14(10-11)5-2-1-3-6-14/h7-8,11,19H,1-6,9-10H2,(H2,15,17). The van der Waals surface area contributed by atoms with Gasteiger partial charge in [0, 0.05) is 25.0 Å². The molecule has 110 valence electrons. The van der Waals surface area contributed by atoms with Gasteiger partial charge in [-0.05, 0) is 25.7 Å². The summed E-state index contributed by atoms with van der Waals surface area (Å²) in [5, 5.41) is 11.9. The number of amidine groups is 1. The van der Waals surface area contributed by atoms with Crippen LogP contribution in [0.25, 0.3) is 0 Å². The Morgan fingerprint density at radius 2 is 2.25 bits per heavy atom. The number of nitrogens with zero attached hydrogens (tertiary/aromatic N) is 3. The monoisotopic (exact) mass is 278 g/mol. The second-order valence-electron chi connectivity index (χ2n) is 5.88. The molecule has 1 aromatic rings. The van der Waals surface area contributed by atoms with Crippen LogP contribution in [0.4, 0.5) is 0 Å². The molecule has 20 heavy (non-hydrogen) atoms. The molecule has 1 atom stereocenters. The minimum absolute atomic E-state index is 0.0355. The molecular weight excluding hydrogens is 256 g/mol. The van der Waals surface area contributed by atoms with Gasteiger partial charge in [-0.15, -0.1) is 0 Å². The molecule has 6 heteroatoms. The molecule has 1 aliphatic carbocycles. The minimum Gasteiger partial charge on any atom is -0.409 e. The molecule has 1 saturated carbocycles. The fourth-order valence-electron chi connectivity index (χ4n) is 3.63. The zero-order valence-corrected chi connectivity index (χ0v) is 11.7. The van der Waals surface area contributed by atoms with Gasteiger partial charge >= 0.3 is 0 Å². The first-order chi connectivity index (χ1) is 9.74. The summed E-state index contributed by atoms with van der Waals surface area (Å²) in [4.78, 5) is 4.20. The van der Waals surface area contributed by atoms with E-state index in [1.807, 2.05) is 10.8 Å². The fraction of sp³-hybridized carbons (Fsp3) is 0.714. The van der Waals surface area contributed by atoms with Gasteiger partial charge in [0.2, 0.25) is 5.84 Å². The largest absolute Gasteiger partial charge is 0.409 e. The second kappa shape index (κ2) is 5.44. The van der Waals surface area contributed by atoms with E-state index in [4.69, 9.17) is 15.7 Å². The van der Waals surface area contributed by atoms with Crippen LogP contribution in [-0.4, -0.2) is 32.8 Å². The smallest absolute Gasteiger partial charge is 0.206 e. The highest BCUT2D eigenvalue weighted by Crippen LogP contribution is 2.42. The third kappa shape index (κ3) is 2.40. The topological polar surface area (TPSA) is 85.7 Å². The van der Waals surface area contributed by atoms with Gasteiger partial charge in [0.1, 0.15) is 0 Å². The van der Waals surface area contributed by atoms with Crippen molar-refractivity contribution in [2.45, 2.75) is 56.6 Å². The van der Waals surface area contributed by atoms with Crippen molar-refractivity contribution >= 4 is 5.84 Å². The molecule has 1 aliphatic heterocycles. The van der Waals surface area contributed by atoms with Crippen molar-refractivity contribution in [1.82, 2.24) is 9.55 Å². The molecule has 2 heterocycles. The van der Waals surface area contributed by atoms with E-state index in [0.717, 1.165) is 32.3 Å². The van der Waals surface area contributed by atoms with Crippen molar-refractivity contribution in [2.75, 3.05) is 6.61 Å². The van der Waals surface area contributed by atoms with E-state index in [1.165, 1.54) is 19.3 Å². The molecule has 1 spiro atoms. The molecule has 6 nitrogen and oxygen atoms in total. The van der Waals surface area contributed by atoms with Crippen LogP contribution in [0.1, 0.15) is 56.8 Å². The molecule has 3 N–H and O–H groups in total. The molecule has 1 aromatic heterocycles. The molecule has 2 fully saturated rings. The summed E-state index contributed by atoms with van der Waals surface area (Å²) in [5.74, 6) is 0.615. The predicted molar refractivity (Wildman–Crippen MR) is 74.8 cm³/mol. The molecule has 2 aliphatic rings. The summed E-state index contributed by atoms with van der Waals surface area (Å²) in [7, 11) is 0. The summed E-state index contributed by atoms with van der Waals surface area (Å²) < 4.78 is 8.15. The third-order valence-electron chi connectivity index (χ3n) is 4.63. The lowest BCUT2D eigenvalue weighted by Gasteiger charge is -2.44. The predicted octanol–water partition coefficient (Wildman–Crippen LogP) is 2.03. The van der Waals surface area contributed by atoms with Gasteiger partial charge in [-0.25, -0.2) is 4.98 Å². The van der Waals surface area contributed by atoms with Crippen LogP contribution in [0.15, 0.2) is 17.5 Å². The van der Waals surface area contributed by atoms with Crippen molar-refractivity contribution in [1.29, 1.82) is 0 Å². The number of hydrogen-bond donors (Lipinski definition) is 2. The van der Waals surface area contributed by atoms with E-state index in [1.54, 1.807) is 6.20 Å². The summed E-state index contributed by atoms with van der Waals surface area (Å²) in [5.41, 5.74) is 5.74. The average Bonchev–Trinajstić information content (AvgIpc) is 2.97. The SMILES string of the molecule is N/C(=N/O)c1nccn1C1CCOC2(CCCCC2)C1. The first-order valence-electron chi connectivity index (χ1n) is 7.39. The van der Waals surface area contributed by atoms with Crippen molar-refractivity contribution in [2.24, 2.45) is 10.9 Å². The van der Waals surface area contributed by atoms with Gasteiger partial charge in [0.05, 0.1) is 5.60 Å². The van der Waals surface area contributed by atoms with Crippen LogP contribution in [0.2, 0.25) is 0 Å². The molecule has 1 unspecified atom stereocenters. The Hall–Kier alpha value is -1.56. The summed E-state index contributed by atoms with van der Waals surface area (Å²) in [6.07, 6.45) is 11.7. The first kappa shape index (κ1) is 13.4. The van der Waals surface area contributed by atoms with Gasteiger partial charge in [0.15, 0.2) is 5.82 Å². The van der Waals surface area contributed by atoms with Gasteiger partial charge in [-0.1, -0.05) is 24.4 Å². The number of imidazole rings is 1. The first-order valence-corrected chi connectivity index (χ1v) is 7.39. The zero-order valence-electron chi connectivity index (χ0n) is 11.7. The number of rotatable bonds is 2. The number of hydrogen-bond acceptors (Lipinski definition) is 4. The third-order valence-corrected chi connectivity index (χ3v) is 4.63. The summed E-state index contributed by atoms with van der Waals surface area (Å²) in [6.45, 7) is 0.776. The van der Waals surface area contributed by atoms with Crippen LogP contribution in [0.5, 0.6) is 0 Å². The van der Waals surface area contributed by atoms with Crippen LogP contribution >= 0.6 is 0 Å². The van der Waals surface area contributed by atoms with E-state index in [0.29, 0.717) is 11.9 Å². The summed E-state index contributed by atoms with van der Waals surface area (Å²) in [6, 6.07) is 0.319. The Morgan fingerprint density at radius 3 is 3.00 bits per heavy atom. The van der Waals surface area contributed by atoms with E-state index in [-0.39, 0.29) is 11.4 Å². The normalized spacial score (nSPS) is 26.8. The molecule has 0 aromatic carbocycles. The lowest BCUT2D eigenvalue weighted by atomic mass is 9.78. The maximum Gasteiger partial charge on any atom is 0.206 e. The van der Waals surface area contributed by atoms with Crippen LogP contribution in [-0.2, 0) is 4.74 Å². The number of ether oxygens (including phenoxy) is 1. The maximum absolute atomic E-state index is 8.86. The van der Waals surface area contributed by atoms with Gasteiger partial charge < -0.3 is 20.2 Å². The highest BCUT2D eigenvalue weighted by molar-refractivity contribution is 5.93. The minimum atomic E-state index is 0.0355. The Balaban J connectivity index is 1.82. The highest BCUT2D eigenvalue weighted by Gasteiger charge is 2.39. The van der Waals surface area contributed by atoms with E-state index >= 15 is 0 Å². The lowest BCUT2D eigenvalue weighted by Crippen LogP contribution is -2.42. The molecule has 0 bridgehead atoms. The Kier molecular flexibility index (Phi) is 3.65. The van der Waals surface area contributed by atoms with Gasteiger partial charge in [-0.3, -0.25) is 0 Å². The summed E-state index contributed by atoms with van der Waals surface area (Å²) >= 11 is 0. The van der Waals surface area contributed by atoms with Crippen molar-refractivity contribution in [3.8, 4) is 0 Å². The van der Waals surface area contributed by atoms with Crippen LogP contribution in [0.3, 0.4) is 0 Å². The zero-order chi connectivity index (χ0) is 14.0. The van der Waals surface area contributed by atoms with Crippen LogP contribution < -0.4 is 5.73 Å².